The fourth-order valence-corrected chi connectivity index (χ4v) is 9.33. The highest BCUT2D eigenvalue weighted by Gasteiger charge is 2.38. The van der Waals surface area contributed by atoms with Gasteiger partial charge in [0.1, 0.15) is 11.2 Å². The molecule has 1 aliphatic carbocycles. The van der Waals surface area contributed by atoms with Crippen molar-refractivity contribution in [2.75, 3.05) is 0 Å². The first kappa shape index (κ1) is 29.3. The van der Waals surface area contributed by atoms with Crippen molar-refractivity contribution >= 4 is 54.3 Å². The van der Waals surface area contributed by atoms with Crippen molar-refractivity contribution in [1.29, 1.82) is 0 Å². The first-order valence-electron chi connectivity index (χ1n) is 18.2. The van der Waals surface area contributed by atoms with Crippen molar-refractivity contribution in [2.24, 2.45) is 0 Å². The first-order valence-corrected chi connectivity index (χ1v) is 18.2. The summed E-state index contributed by atoms with van der Waals surface area (Å²) < 4.78 is 6.22. The molecule has 9 aromatic carbocycles. The Morgan fingerprint density at radius 3 is 1.60 bits per heavy atom. The molecule has 1 aliphatic rings. The van der Waals surface area contributed by atoms with Crippen LogP contribution in [0.1, 0.15) is 25.0 Å². The maximum atomic E-state index is 6.22. The van der Waals surface area contributed by atoms with E-state index in [1.807, 2.05) is 12.1 Å². The summed E-state index contributed by atoms with van der Waals surface area (Å²) in [6.07, 6.45) is 0. The van der Waals surface area contributed by atoms with Crippen LogP contribution in [0.5, 0.6) is 0 Å². The molecule has 11 rings (SSSR count). The van der Waals surface area contributed by atoms with Crippen molar-refractivity contribution in [2.45, 2.75) is 19.3 Å². The van der Waals surface area contributed by atoms with Gasteiger partial charge in [0, 0.05) is 16.2 Å². The molecule has 0 unspecified atom stereocenters. The maximum Gasteiger partial charge on any atom is 0.135 e. The summed E-state index contributed by atoms with van der Waals surface area (Å²) in [6, 6.07) is 62.5. The molecule has 0 saturated heterocycles. The number of hydrogen-bond donors (Lipinski definition) is 0. The van der Waals surface area contributed by atoms with Crippen molar-refractivity contribution in [3.05, 3.63) is 181 Å². The summed E-state index contributed by atoms with van der Waals surface area (Å²) in [4.78, 5) is 0. The molecule has 10 aromatic rings. The zero-order chi connectivity index (χ0) is 34.6. The van der Waals surface area contributed by atoms with Crippen molar-refractivity contribution in [1.82, 2.24) is 0 Å². The van der Waals surface area contributed by atoms with E-state index in [9.17, 15) is 0 Å². The number of hydrogen-bond acceptors (Lipinski definition) is 1. The molecule has 0 saturated carbocycles. The summed E-state index contributed by atoms with van der Waals surface area (Å²) in [5.74, 6) is 0. The highest BCUT2D eigenvalue weighted by Crippen LogP contribution is 2.55. The molecule has 0 bridgehead atoms. The fraction of sp³-hybridized carbons (Fsp3) is 0.0588. The molecule has 244 valence electrons. The van der Waals surface area contributed by atoms with Crippen LogP contribution in [0.15, 0.2) is 174 Å². The Balaban J connectivity index is 1.19. The van der Waals surface area contributed by atoms with E-state index < -0.39 is 0 Å². The molecule has 52 heavy (non-hydrogen) atoms. The van der Waals surface area contributed by atoms with Crippen molar-refractivity contribution < 1.29 is 4.42 Å². The Bertz CT molecular complexity index is 3040. The Kier molecular flexibility index (Phi) is 6.08. The van der Waals surface area contributed by atoms with Crippen LogP contribution in [0, 0.1) is 0 Å². The third kappa shape index (κ3) is 4.05. The van der Waals surface area contributed by atoms with Gasteiger partial charge in [0.15, 0.2) is 0 Å². The van der Waals surface area contributed by atoms with Gasteiger partial charge in [-0.15, -0.1) is 0 Å². The summed E-state index contributed by atoms with van der Waals surface area (Å²) in [5.41, 5.74) is 14.7. The van der Waals surface area contributed by atoms with Gasteiger partial charge in [0.05, 0.1) is 0 Å². The Hall–Kier alpha value is -6.44. The number of rotatable bonds is 3. The van der Waals surface area contributed by atoms with Gasteiger partial charge in [-0.25, -0.2) is 0 Å². The predicted octanol–water partition coefficient (Wildman–Crippen LogP) is 14.4. The minimum absolute atomic E-state index is 0.172. The van der Waals surface area contributed by atoms with Gasteiger partial charge in [-0.1, -0.05) is 153 Å². The highest BCUT2D eigenvalue weighted by molar-refractivity contribution is 6.23. The SMILES string of the molecule is CC1(C)c2cc3ccccc3cc2-c2cccc(-c3c4ccccc4c(-c4ccccc4-c4ccc5oc6ccccc6c5c4)c4ccccc34)c21. The number of fused-ring (bicyclic) bond motifs is 9. The second kappa shape index (κ2) is 10.8. The topological polar surface area (TPSA) is 13.1 Å². The minimum Gasteiger partial charge on any atom is -0.456 e. The third-order valence-electron chi connectivity index (χ3n) is 11.6. The molecule has 0 amide bonds. The van der Waals surface area contributed by atoms with Crippen LogP contribution in [0.4, 0.5) is 0 Å². The van der Waals surface area contributed by atoms with Gasteiger partial charge in [-0.05, 0) is 118 Å². The largest absolute Gasteiger partial charge is 0.456 e. The van der Waals surface area contributed by atoms with E-state index in [0.29, 0.717) is 0 Å². The zero-order valence-corrected chi connectivity index (χ0v) is 29.1. The van der Waals surface area contributed by atoms with E-state index in [2.05, 4.69) is 172 Å². The molecule has 1 heteroatoms. The summed E-state index contributed by atoms with van der Waals surface area (Å²) in [5, 5.41) is 9.93. The summed E-state index contributed by atoms with van der Waals surface area (Å²) in [7, 11) is 0. The normalized spacial score (nSPS) is 13.3. The standard InChI is InChI=1S/C51H34O/c1-51(2)45-30-32-15-4-3-14-31(32)28-43(45)41-23-13-24-42(50(41)51)49-39-21-9-7-19-37(39)48(38-20-8-10-22-40(38)49)36-18-6-5-16-34(36)33-26-27-47-44(29-33)35-17-11-12-25-46(35)52-47/h3-30H,1-2H3. The molecule has 0 N–H and O–H groups in total. The molecular formula is C51H34O. The molecule has 1 heterocycles. The van der Waals surface area contributed by atoms with Crippen molar-refractivity contribution in [3.8, 4) is 44.5 Å². The average molecular weight is 663 g/mol. The zero-order valence-electron chi connectivity index (χ0n) is 29.1. The van der Waals surface area contributed by atoms with Crippen molar-refractivity contribution in [3.63, 3.8) is 0 Å². The smallest absolute Gasteiger partial charge is 0.135 e. The Morgan fingerprint density at radius 1 is 0.365 bits per heavy atom. The fourth-order valence-electron chi connectivity index (χ4n) is 9.33. The van der Waals surface area contributed by atoms with Crippen LogP contribution < -0.4 is 0 Å². The van der Waals surface area contributed by atoms with E-state index >= 15 is 0 Å². The number of furan rings is 1. The van der Waals surface area contributed by atoms with E-state index in [0.717, 1.165) is 21.9 Å². The maximum absolute atomic E-state index is 6.22. The Labute approximate surface area is 302 Å². The third-order valence-corrected chi connectivity index (χ3v) is 11.6. The first-order chi connectivity index (χ1) is 25.6. The van der Waals surface area contributed by atoms with Gasteiger partial charge in [-0.3, -0.25) is 0 Å². The lowest BCUT2D eigenvalue weighted by Gasteiger charge is -2.26. The van der Waals surface area contributed by atoms with E-state index in [1.54, 1.807) is 0 Å². The second-order valence-corrected chi connectivity index (χ2v) is 14.8. The quantitative estimate of drug-likeness (QED) is 0.172. The second-order valence-electron chi connectivity index (χ2n) is 14.8. The predicted molar refractivity (Wildman–Crippen MR) is 220 cm³/mol. The van der Waals surface area contributed by atoms with Crippen LogP contribution in [0.25, 0.3) is 98.8 Å². The molecular weight excluding hydrogens is 629 g/mol. The monoisotopic (exact) mass is 662 g/mol. The molecule has 0 aliphatic heterocycles. The minimum atomic E-state index is -0.172. The van der Waals surface area contributed by atoms with Crippen LogP contribution in [-0.4, -0.2) is 0 Å². The van der Waals surface area contributed by atoms with E-state index in [4.69, 9.17) is 4.42 Å². The molecule has 0 spiro atoms. The number of benzene rings is 9. The lowest BCUT2D eigenvalue weighted by atomic mass is 9.76. The molecule has 0 atom stereocenters. The molecule has 1 aromatic heterocycles. The van der Waals surface area contributed by atoms with Crippen LogP contribution in [0.3, 0.4) is 0 Å². The van der Waals surface area contributed by atoms with Gasteiger partial charge >= 0.3 is 0 Å². The van der Waals surface area contributed by atoms with Crippen LogP contribution >= 0.6 is 0 Å². The van der Waals surface area contributed by atoms with E-state index in [1.165, 1.54) is 88.0 Å². The Morgan fingerprint density at radius 2 is 0.885 bits per heavy atom. The van der Waals surface area contributed by atoms with Gasteiger partial charge in [-0.2, -0.15) is 0 Å². The lowest BCUT2D eigenvalue weighted by molar-refractivity contribution is 0.663. The molecule has 0 fully saturated rings. The van der Waals surface area contributed by atoms with Crippen LogP contribution in [-0.2, 0) is 5.41 Å². The highest BCUT2D eigenvalue weighted by atomic mass is 16.3. The summed E-state index contributed by atoms with van der Waals surface area (Å²) in [6.45, 7) is 4.82. The number of para-hydroxylation sites is 1. The van der Waals surface area contributed by atoms with Gasteiger partial charge in [0.2, 0.25) is 0 Å². The van der Waals surface area contributed by atoms with Crippen LogP contribution in [0.2, 0.25) is 0 Å². The molecule has 1 nitrogen and oxygen atoms in total. The average Bonchev–Trinajstić information content (AvgIpc) is 3.67. The lowest BCUT2D eigenvalue weighted by Crippen LogP contribution is -2.16. The van der Waals surface area contributed by atoms with Gasteiger partial charge < -0.3 is 4.42 Å². The van der Waals surface area contributed by atoms with E-state index in [-0.39, 0.29) is 5.41 Å². The van der Waals surface area contributed by atoms with Gasteiger partial charge in [0.25, 0.3) is 0 Å². The summed E-state index contributed by atoms with van der Waals surface area (Å²) >= 11 is 0. The molecule has 0 radical (unpaired) electrons.